The van der Waals surface area contributed by atoms with E-state index in [0.29, 0.717) is 12.5 Å². The molecule has 3 rings (SSSR count). The Labute approximate surface area is 189 Å². The zero-order valence-electron chi connectivity index (χ0n) is 17.1. The van der Waals surface area contributed by atoms with Crippen LogP contribution in [-0.2, 0) is 13.0 Å². The minimum Gasteiger partial charge on any atom is -0.495 e. The van der Waals surface area contributed by atoms with Gasteiger partial charge in [0.25, 0.3) is 0 Å². The number of aliphatic imine (C=N–C) groups is 1. The molecule has 0 fully saturated rings. The van der Waals surface area contributed by atoms with Crippen molar-refractivity contribution in [3.8, 4) is 17.2 Å². The van der Waals surface area contributed by atoms with E-state index in [1.54, 1.807) is 21.3 Å². The van der Waals surface area contributed by atoms with Gasteiger partial charge in [-0.05, 0) is 41.8 Å². The summed E-state index contributed by atoms with van der Waals surface area (Å²) in [6.45, 7) is 3.31. The van der Waals surface area contributed by atoms with Gasteiger partial charge in [0.2, 0.25) is 0 Å². The molecule has 7 nitrogen and oxygen atoms in total. The molecular weight excluding hydrogens is 483 g/mol. The molecular formula is C21H29IN4O3. The lowest BCUT2D eigenvalue weighted by molar-refractivity contribution is 0.260. The molecule has 0 spiro atoms. The van der Waals surface area contributed by atoms with Crippen LogP contribution in [0.4, 0.5) is 5.69 Å². The maximum Gasteiger partial charge on any atom is 0.193 e. The van der Waals surface area contributed by atoms with Crippen molar-refractivity contribution in [2.24, 2.45) is 10.7 Å². The number of hydrogen-bond acceptors (Lipinski definition) is 5. The van der Waals surface area contributed by atoms with Crippen LogP contribution in [0.2, 0.25) is 0 Å². The van der Waals surface area contributed by atoms with Crippen molar-refractivity contribution in [1.29, 1.82) is 0 Å². The van der Waals surface area contributed by atoms with Crippen LogP contribution in [0.15, 0.2) is 41.4 Å². The molecule has 29 heavy (non-hydrogen) atoms. The van der Waals surface area contributed by atoms with Crippen LogP contribution in [0.25, 0.3) is 0 Å². The summed E-state index contributed by atoms with van der Waals surface area (Å²) < 4.78 is 16.1. The van der Waals surface area contributed by atoms with Crippen LogP contribution in [-0.4, -0.2) is 51.8 Å². The highest BCUT2D eigenvalue weighted by Gasteiger charge is 2.19. The third-order valence-electron chi connectivity index (χ3n) is 4.87. The van der Waals surface area contributed by atoms with Gasteiger partial charge < -0.3 is 25.3 Å². The predicted octanol–water partition coefficient (Wildman–Crippen LogP) is 3.12. The summed E-state index contributed by atoms with van der Waals surface area (Å²) >= 11 is 0. The molecule has 0 bridgehead atoms. The van der Waals surface area contributed by atoms with E-state index in [1.807, 2.05) is 24.3 Å². The SMILES string of the molecule is COc1ccccc1NC(N)=NCCN1CCc2cc(OC)c(OC)cc2C1.I. The highest BCUT2D eigenvalue weighted by atomic mass is 127. The Kier molecular flexibility index (Phi) is 8.84. The fraction of sp³-hybridized carbons (Fsp3) is 0.381. The Balaban J connectivity index is 0.00000300. The van der Waals surface area contributed by atoms with E-state index < -0.39 is 0 Å². The Hall–Kier alpha value is -2.20. The summed E-state index contributed by atoms with van der Waals surface area (Å²) in [5, 5.41) is 3.10. The van der Waals surface area contributed by atoms with Crippen LogP contribution in [0, 0.1) is 0 Å². The number of nitrogens with one attached hydrogen (secondary N) is 1. The molecule has 2 aromatic carbocycles. The van der Waals surface area contributed by atoms with Crippen molar-refractivity contribution < 1.29 is 14.2 Å². The van der Waals surface area contributed by atoms with E-state index >= 15 is 0 Å². The number of hydrogen-bond donors (Lipinski definition) is 2. The highest BCUT2D eigenvalue weighted by molar-refractivity contribution is 14.0. The van der Waals surface area contributed by atoms with Crippen LogP contribution < -0.4 is 25.3 Å². The summed E-state index contributed by atoms with van der Waals surface area (Å²) in [6.07, 6.45) is 0.981. The van der Waals surface area contributed by atoms with Gasteiger partial charge >= 0.3 is 0 Å². The molecule has 158 valence electrons. The number of ether oxygens (including phenoxy) is 3. The van der Waals surface area contributed by atoms with Crippen LogP contribution >= 0.6 is 24.0 Å². The average Bonchev–Trinajstić information content (AvgIpc) is 2.73. The number of methoxy groups -OCH3 is 3. The van der Waals surface area contributed by atoms with Crippen molar-refractivity contribution in [1.82, 2.24) is 4.90 Å². The van der Waals surface area contributed by atoms with E-state index in [1.165, 1.54) is 11.1 Å². The summed E-state index contributed by atoms with van der Waals surface area (Å²) in [7, 11) is 4.96. The van der Waals surface area contributed by atoms with Gasteiger partial charge in [0.05, 0.1) is 33.6 Å². The first kappa shape index (κ1) is 23.1. The molecule has 0 unspecified atom stereocenters. The fourth-order valence-electron chi connectivity index (χ4n) is 3.37. The minimum atomic E-state index is 0. The van der Waals surface area contributed by atoms with E-state index in [0.717, 1.165) is 49.0 Å². The normalized spacial score (nSPS) is 13.8. The first-order valence-corrected chi connectivity index (χ1v) is 9.30. The molecule has 1 aliphatic rings. The molecule has 0 aliphatic carbocycles. The first-order valence-electron chi connectivity index (χ1n) is 9.30. The number of rotatable bonds is 7. The third-order valence-corrected chi connectivity index (χ3v) is 4.87. The second kappa shape index (κ2) is 11.1. The molecule has 0 saturated carbocycles. The summed E-state index contributed by atoms with van der Waals surface area (Å²) in [5.74, 6) is 2.67. The van der Waals surface area contributed by atoms with Crippen LogP contribution in [0.3, 0.4) is 0 Å². The van der Waals surface area contributed by atoms with Crippen molar-refractivity contribution >= 4 is 35.6 Å². The number of anilines is 1. The molecule has 0 radical (unpaired) electrons. The van der Waals surface area contributed by atoms with Gasteiger partial charge in [-0.15, -0.1) is 24.0 Å². The number of benzene rings is 2. The Bertz CT molecular complexity index is 845. The fourth-order valence-corrected chi connectivity index (χ4v) is 3.37. The standard InChI is InChI=1S/C21H28N4O3.HI/c1-26-18-7-5-4-6-17(18)24-21(22)23-9-11-25-10-8-15-12-19(27-2)20(28-3)13-16(15)14-25;/h4-7,12-13H,8-11,14H2,1-3H3,(H3,22,23,24);1H. The monoisotopic (exact) mass is 512 g/mol. The Morgan fingerprint density at radius 2 is 1.69 bits per heavy atom. The maximum absolute atomic E-state index is 6.03. The summed E-state index contributed by atoms with van der Waals surface area (Å²) in [6, 6.07) is 11.8. The second-order valence-corrected chi connectivity index (χ2v) is 6.59. The van der Waals surface area contributed by atoms with E-state index in [-0.39, 0.29) is 24.0 Å². The number of fused-ring (bicyclic) bond motifs is 1. The van der Waals surface area contributed by atoms with Gasteiger partial charge in [0.15, 0.2) is 17.5 Å². The van der Waals surface area contributed by atoms with Gasteiger partial charge in [0.1, 0.15) is 5.75 Å². The zero-order chi connectivity index (χ0) is 19.9. The summed E-state index contributed by atoms with van der Waals surface area (Å²) in [4.78, 5) is 6.82. The van der Waals surface area contributed by atoms with Crippen molar-refractivity contribution in [2.75, 3.05) is 46.3 Å². The zero-order valence-corrected chi connectivity index (χ0v) is 19.4. The molecule has 1 heterocycles. The van der Waals surface area contributed by atoms with Crippen molar-refractivity contribution in [3.63, 3.8) is 0 Å². The molecule has 0 saturated heterocycles. The first-order chi connectivity index (χ1) is 13.6. The largest absolute Gasteiger partial charge is 0.495 e. The highest BCUT2D eigenvalue weighted by Crippen LogP contribution is 2.33. The third kappa shape index (κ3) is 5.89. The topological polar surface area (TPSA) is 81.3 Å². The minimum absolute atomic E-state index is 0. The van der Waals surface area contributed by atoms with Gasteiger partial charge in [-0.3, -0.25) is 9.89 Å². The lowest BCUT2D eigenvalue weighted by atomic mass is 9.99. The number of guanidine groups is 1. The second-order valence-electron chi connectivity index (χ2n) is 6.59. The number of nitrogens with zero attached hydrogens (tertiary/aromatic N) is 2. The lowest BCUT2D eigenvalue weighted by Gasteiger charge is -2.29. The van der Waals surface area contributed by atoms with E-state index in [4.69, 9.17) is 19.9 Å². The van der Waals surface area contributed by atoms with Crippen LogP contribution in [0.1, 0.15) is 11.1 Å². The number of halogens is 1. The molecule has 1 aliphatic heterocycles. The van der Waals surface area contributed by atoms with Crippen molar-refractivity contribution in [2.45, 2.75) is 13.0 Å². The molecule has 3 N–H and O–H groups in total. The van der Waals surface area contributed by atoms with Crippen LogP contribution in [0.5, 0.6) is 17.2 Å². The summed E-state index contributed by atoms with van der Waals surface area (Å²) in [5.41, 5.74) is 9.42. The van der Waals surface area contributed by atoms with Crippen molar-refractivity contribution in [3.05, 3.63) is 47.5 Å². The molecule has 0 atom stereocenters. The van der Waals surface area contributed by atoms with Gasteiger partial charge in [-0.1, -0.05) is 12.1 Å². The number of nitrogens with two attached hydrogens (primary N) is 1. The lowest BCUT2D eigenvalue weighted by Crippen LogP contribution is -2.33. The quantitative estimate of drug-likeness (QED) is 0.337. The van der Waals surface area contributed by atoms with Gasteiger partial charge in [-0.2, -0.15) is 0 Å². The van der Waals surface area contributed by atoms with Gasteiger partial charge in [0, 0.05) is 19.6 Å². The molecule has 2 aromatic rings. The average molecular weight is 512 g/mol. The Morgan fingerprint density at radius 3 is 2.38 bits per heavy atom. The molecule has 0 amide bonds. The maximum atomic E-state index is 6.03. The van der Waals surface area contributed by atoms with E-state index in [9.17, 15) is 0 Å². The van der Waals surface area contributed by atoms with Gasteiger partial charge in [-0.25, -0.2) is 0 Å². The van der Waals surface area contributed by atoms with E-state index in [2.05, 4.69) is 27.3 Å². The smallest absolute Gasteiger partial charge is 0.193 e. The number of para-hydroxylation sites is 2. The predicted molar refractivity (Wildman–Crippen MR) is 127 cm³/mol. The Morgan fingerprint density at radius 1 is 1.03 bits per heavy atom. The molecule has 8 heteroatoms. The molecule has 0 aromatic heterocycles.